The van der Waals surface area contributed by atoms with Gasteiger partial charge in [0.2, 0.25) is 0 Å². The molecular weight excluding hydrogens is 250 g/mol. The Morgan fingerprint density at radius 1 is 1.20 bits per heavy atom. The van der Waals surface area contributed by atoms with Gasteiger partial charge in [-0.25, -0.2) is 4.98 Å². The second kappa shape index (κ2) is 7.22. The molecule has 0 radical (unpaired) electrons. The standard InChI is InChI=1S/C16H23N3O/c1-13(2)9-17-10-16-18-7-8-19(16)11-14-3-5-15(12-20)6-4-14/h3-8,13,17,20H,9-12H2,1-2H3. The number of imidazole rings is 1. The van der Waals surface area contributed by atoms with Crippen molar-refractivity contribution in [2.24, 2.45) is 5.92 Å². The van der Waals surface area contributed by atoms with Crippen LogP contribution in [0.4, 0.5) is 0 Å². The molecule has 0 spiro atoms. The quantitative estimate of drug-likeness (QED) is 0.813. The zero-order valence-corrected chi connectivity index (χ0v) is 12.2. The highest BCUT2D eigenvalue weighted by Gasteiger charge is 2.04. The van der Waals surface area contributed by atoms with Crippen molar-refractivity contribution in [3.05, 3.63) is 53.6 Å². The van der Waals surface area contributed by atoms with Gasteiger partial charge in [-0.1, -0.05) is 38.1 Å². The summed E-state index contributed by atoms with van der Waals surface area (Å²) in [7, 11) is 0. The molecule has 1 aromatic heterocycles. The van der Waals surface area contributed by atoms with Gasteiger partial charge in [0.05, 0.1) is 13.2 Å². The molecule has 4 nitrogen and oxygen atoms in total. The van der Waals surface area contributed by atoms with Gasteiger partial charge in [-0.05, 0) is 23.6 Å². The maximum Gasteiger partial charge on any atom is 0.122 e. The van der Waals surface area contributed by atoms with Crippen molar-refractivity contribution in [2.45, 2.75) is 33.5 Å². The van der Waals surface area contributed by atoms with Crippen molar-refractivity contribution in [3.8, 4) is 0 Å². The van der Waals surface area contributed by atoms with E-state index in [0.29, 0.717) is 5.92 Å². The molecule has 0 bridgehead atoms. The normalized spacial score (nSPS) is 11.2. The highest BCUT2D eigenvalue weighted by Crippen LogP contribution is 2.08. The molecule has 0 amide bonds. The number of aromatic nitrogens is 2. The molecule has 2 aromatic rings. The van der Waals surface area contributed by atoms with Crippen LogP contribution in [0.3, 0.4) is 0 Å². The van der Waals surface area contributed by atoms with Crippen LogP contribution in [0, 0.1) is 5.92 Å². The van der Waals surface area contributed by atoms with E-state index in [1.807, 2.05) is 24.5 Å². The lowest BCUT2D eigenvalue weighted by Crippen LogP contribution is -2.21. The molecule has 0 unspecified atom stereocenters. The molecule has 0 saturated heterocycles. The molecule has 2 N–H and O–H groups in total. The summed E-state index contributed by atoms with van der Waals surface area (Å²) in [5, 5.41) is 12.5. The van der Waals surface area contributed by atoms with Crippen molar-refractivity contribution in [2.75, 3.05) is 6.54 Å². The summed E-state index contributed by atoms with van der Waals surface area (Å²) in [5.74, 6) is 1.70. The van der Waals surface area contributed by atoms with Crippen molar-refractivity contribution in [1.29, 1.82) is 0 Å². The fraction of sp³-hybridized carbons (Fsp3) is 0.438. The van der Waals surface area contributed by atoms with E-state index in [2.05, 4.69) is 40.8 Å². The molecule has 1 aromatic carbocycles. The summed E-state index contributed by atoms with van der Waals surface area (Å²) in [4.78, 5) is 4.40. The van der Waals surface area contributed by atoms with Crippen LogP contribution in [0.2, 0.25) is 0 Å². The lowest BCUT2D eigenvalue weighted by Gasteiger charge is -2.10. The van der Waals surface area contributed by atoms with Gasteiger partial charge in [-0.2, -0.15) is 0 Å². The molecule has 0 aliphatic heterocycles. The van der Waals surface area contributed by atoms with Gasteiger partial charge in [0, 0.05) is 18.9 Å². The molecule has 0 atom stereocenters. The van der Waals surface area contributed by atoms with Crippen LogP contribution in [0.15, 0.2) is 36.7 Å². The minimum Gasteiger partial charge on any atom is -0.392 e. The van der Waals surface area contributed by atoms with Gasteiger partial charge in [-0.15, -0.1) is 0 Å². The van der Waals surface area contributed by atoms with Crippen LogP contribution in [0.1, 0.15) is 30.8 Å². The zero-order chi connectivity index (χ0) is 14.4. The SMILES string of the molecule is CC(C)CNCc1nccn1Cc1ccc(CO)cc1. The minimum atomic E-state index is 0.0930. The van der Waals surface area contributed by atoms with E-state index in [1.165, 1.54) is 5.56 Å². The minimum absolute atomic E-state index is 0.0930. The number of nitrogens with zero attached hydrogens (tertiary/aromatic N) is 2. The Kier molecular flexibility index (Phi) is 5.32. The Morgan fingerprint density at radius 3 is 2.55 bits per heavy atom. The molecular formula is C16H23N3O. The first-order chi connectivity index (χ1) is 9.69. The maximum absolute atomic E-state index is 9.05. The molecule has 4 heteroatoms. The fourth-order valence-electron chi connectivity index (χ4n) is 2.07. The van der Waals surface area contributed by atoms with Crippen molar-refractivity contribution >= 4 is 0 Å². The molecule has 1 heterocycles. The largest absolute Gasteiger partial charge is 0.392 e. The van der Waals surface area contributed by atoms with Crippen LogP contribution in [0.5, 0.6) is 0 Å². The van der Waals surface area contributed by atoms with Gasteiger partial charge >= 0.3 is 0 Å². The number of hydrogen-bond donors (Lipinski definition) is 2. The molecule has 0 saturated carbocycles. The van der Waals surface area contributed by atoms with Gasteiger partial charge in [-0.3, -0.25) is 0 Å². The summed E-state index contributed by atoms with van der Waals surface area (Å²) in [6.07, 6.45) is 3.85. The summed E-state index contributed by atoms with van der Waals surface area (Å²) in [5.41, 5.74) is 2.16. The monoisotopic (exact) mass is 273 g/mol. The first-order valence-electron chi connectivity index (χ1n) is 7.08. The predicted molar refractivity (Wildman–Crippen MR) is 80.2 cm³/mol. The van der Waals surface area contributed by atoms with Crippen LogP contribution in [-0.2, 0) is 19.7 Å². The number of nitrogens with one attached hydrogen (secondary N) is 1. The van der Waals surface area contributed by atoms with E-state index in [1.54, 1.807) is 0 Å². The third kappa shape index (κ3) is 4.18. The van der Waals surface area contributed by atoms with Gasteiger partial charge < -0.3 is 15.0 Å². The molecule has 108 valence electrons. The van der Waals surface area contributed by atoms with Gasteiger partial charge in [0.15, 0.2) is 0 Å². The summed E-state index contributed by atoms with van der Waals surface area (Å²) in [6.45, 7) is 7.09. The Bertz CT molecular complexity index is 517. The van der Waals surface area contributed by atoms with Gasteiger partial charge in [0.25, 0.3) is 0 Å². The highest BCUT2D eigenvalue weighted by molar-refractivity contribution is 5.22. The number of benzene rings is 1. The Morgan fingerprint density at radius 2 is 1.90 bits per heavy atom. The Hall–Kier alpha value is -1.65. The average Bonchev–Trinajstić information content (AvgIpc) is 2.87. The summed E-state index contributed by atoms with van der Waals surface area (Å²) >= 11 is 0. The van der Waals surface area contributed by atoms with Crippen molar-refractivity contribution < 1.29 is 5.11 Å². The smallest absolute Gasteiger partial charge is 0.122 e. The Labute approximate surface area is 120 Å². The number of hydrogen-bond acceptors (Lipinski definition) is 3. The van der Waals surface area contributed by atoms with Gasteiger partial charge in [0.1, 0.15) is 5.82 Å². The maximum atomic E-state index is 9.05. The summed E-state index contributed by atoms with van der Waals surface area (Å²) in [6, 6.07) is 8.03. The Balaban J connectivity index is 1.96. The number of aliphatic hydroxyl groups excluding tert-OH is 1. The molecule has 0 aliphatic carbocycles. The van der Waals surface area contributed by atoms with Crippen LogP contribution < -0.4 is 5.32 Å². The topological polar surface area (TPSA) is 50.1 Å². The van der Waals surface area contributed by atoms with E-state index in [4.69, 9.17) is 5.11 Å². The predicted octanol–water partition coefficient (Wildman–Crippen LogP) is 2.17. The fourth-order valence-corrected chi connectivity index (χ4v) is 2.07. The van der Waals surface area contributed by atoms with Crippen molar-refractivity contribution in [1.82, 2.24) is 14.9 Å². The lowest BCUT2D eigenvalue weighted by atomic mass is 10.1. The number of rotatable bonds is 7. The zero-order valence-electron chi connectivity index (χ0n) is 12.2. The van der Waals surface area contributed by atoms with E-state index in [0.717, 1.165) is 31.0 Å². The first kappa shape index (κ1) is 14.8. The molecule has 0 fully saturated rings. The van der Waals surface area contributed by atoms with E-state index in [9.17, 15) is 0 Å². The third-order valence-electron chi connectivity index (χ3n) is 3.20. The lowest BCUT2D eigenvalue weighted by molar-refractivity contribution is 0.282. The average molecular weight is 273 g/mol. The highest BCUT2D eigenvalue weighted by atomic mass is 16.3. The second-order valence-electron chi connectivity index (χ2n) is 5.47. The third-order valence-corrected chi connectivity index (χ3v) is 3.20. The van der Waals surface area contributed by atoms with E-state index < -0.39 is 0 Å². The molecule has 0 aliphatic rings. The molecule has 20 heavy (non-hydrogen) atoms. The summed E-state index contributed by atoms with van der Waals surface area (Å²) < 4.78 is 2.15. The first-order valence-corrected chi connectivity index (χ1v) is 7.08. The van der Waals surface area contributed by atoms with Crippen LogP contribution in [0.25, 0.3) is 0 Å². The van der Waals surface area contributed by atoms with E-state index in [-0.39, 0.29) is 6.61 Å². The van der Waals surface area contributed by atoms with E-state index >= 15 is 0 Å². The second-order valence-corrected chi connectivity index (χ2v) is 5.47. The van der Waals surface area contributed by atoms with Crippen LogP contribution in [-0.4, -0.2) is 21.2 Å². The van der Waals surface area contributed by atoms with Crippen LogP contribution >= 0.6 is 0 Å². The molecule has 2 rings (SSSR count). The number of aliphatic hydroxyl groups is 1. The van der Waals surface area contributed by atoms with Crippen molar-refractivity contribution in [3.63, 3.8) is 0 Å².